The van der Waals surface area contributed by atoms with Crippen LogP contribution in [0, 0.1) is 5.41 Å². The molecule has 2 atom stereocenters. The van der Waals surface area contributed by atoms with Crippen LogP contribution in [0.1, 0.15) is 53.6 Å². The molecule has 6 heterocycles. The highest BCUT2D eigenvalue weighted by atomic mass is 16.5. The number of amides is 3. The van der Waals surface area contributed by atoms with Crippen molar-refractivity contribution in [2.24, 2.45) is 5.41 Å². The summed E-state index contributed by atoms with van der Waals surface area (Å²) < 4.78 is 11.9. The van der Waals surface area contributed by atoms with E-state index in [1.54, 1.807) is 11.0 Å². The summed E-state index contributed by atoms with van der Waals surface area (Å²) in [6.07, 6.45) is 3.91. The third-order valence-electron chi connectivity index (χ3n) is 10.1. The second kappa shape index (κ2) is 10.9. The number of aromatic nitrogens is 1. The largest absolute Gasteiger partial charge is 0.489 e. The van der Waals surface area contributed by atoms with Crippen LogP contribution in [0.15, 0.2) is 48.5 Å². The van der Waals surface area contributed by atoms with Gasteiger partial charge in [-0.3, -0.25) is 24.6 Å². The molecule has 0 radical (unpaired) electrons. The van der Waals surface area contributed by atoms with E-state index in [0.29, 0.717) is 23.9 Å². The third kappa shape index (κ3) is 5.09. The van der Waals surface area contributed by atoms with Crippen molar-refractivity contribution in [2.45, 2.75) is 57.3 Å². The molecule has 228 valence electrons. The molecule has 3 aromatic rings. The van der Waals surface area contributed by atoms with Gasteiger partial charge in [-0.25, -0.2) is 4.98 Å². The van der Waals surface area contributed by atoms with E-state index in [-0.39, 0.29) is 24.3 Å². The number of rotatable bonds is 6. The molecule has 3 amide bonds. The minimum absolute atomic E-state index is 0.0663. The lowest BCUT2D eigenvalue weighted by Crippen LogP contribution is -2.58. The number of fused-ring (bicyclic) bond motifs is 2. The van der Waals surface area contributed by atoms with E-state index in [1.165, 1.54) is 10.9 Å². The lowest BCUT2D eigenvalue weighted by atomic mass is 9.73. The monoisotopic (exact) mass is 595 g/mol. The third-order valence-corrected chi connectivity index (χ3v) is 10.1. The molecule has 44 heavy (non-hydrogen) atoms. The number of nitrogens with zero attached hydrogens (tertiary/aromatic N) is 4. The first kappa shape index (κ1) is 27.5. The number of carbonyl (C=O) groups is 3. The maximum absolute atomic E-state index is 13.0. The Labute approximate surface area is 256 Å². The van der Waals surface area contributed by atoms with Crippen molar-refractivity contribution in [3.63, 3.8) is 0 Å². The van der Waals surface area contributed by atoms with E-state index < -0.39 is 11.9 Å². The first-order valence-electron chi connectivity index (χ1n) is 15.8. The summed E-state index contributed by atoms with van der Waals surface area (Å²) in [5.74, 6) is 0.966. The predicted octanol–water partition coefficient (Wildman–Crippen LogP) is 3.27. The van der Waals surface area contributed by atoms with Crippen LogP contribution in [-0.2, 0) is 27.4 Å². The zero-order chi connectivity index (χ0) is 29.8. The molecule has 1 unspecified atom stereocenters. The lowest BCUT2D eigenvalue weighted by molar-refractivity contribution is -0.136. The maximum Gasteiger partial charge on any atom is 0.255 e. The molecule has 1 N–H and O–H groups in total. The van der Waals surface area contributed by atoms with Crippen molar-refractivity contribution in [3.8, 4) is 5.75 Å². The van der Waals surface area contributed by atoms with Crippen molar-refractivity contribution in [3.05, 3.63) is 65.2 Å². The highest BCUT2D eigenvalue weighted by Gasteiger charge is 2.44. The van der Waals surface area contributed by atoms with Crippen LogP contribution in [0.5, 0.6) is 5.75 Å². The molecule has 10 heteroatoms. The van der Waals surface area contributed by atoms with Crippen LogP contribution >= 0.6 is 0 Å². The van der Waals surface area contributed by atoms with Crippen LogP contribution in [-0.4, -0.2) is 84.0 Å². The topological polar surface area (TPSA) is 104 Å². The molecular weight excluding hydrogens is 558 g/mol. The molecule has 0 saturated carbocycles. The predicted molar refractivity (Wildman–Crippen MR) is 163 cm³/mol. The zero-order valence-corrected chi connectivity index (χ0v) is 24.8. The number of imide groups is 1. The maximum atomic E-state index is 13.0. The highest BCUT2D eigenvalue weighted by molar-refractivity contribution is 6.05. The average Bonchev–Trinajstić information content (AvgIpc) is 3.59. The fraction of sp³-hybridized carbons (Fsp3) is 0.471. The summed E-state index contributed by atoms with van der Waals surface area (Å²) in [7, 11) is 0. The number of benzene rings is 2. The van der Waals surface area contributed by atoms with Gasteiger partial charge in [0.25, 0.3) is 5.91 Å². The van der Waals surface area contributed by atoms with Crippen molar-refractivity contribution in [1.29, 1.82) is 0 Å². The van der Waals surface area contributed by atoms with Gasteiger partial charge >= 0.3 is 0 Å². The molecule has 5 aliphatic rings. The van der Waals surface area contributed by atoms with Gasteiger partial charge in [-0.2, -0.15) is 0 Å². The number of likely N-dealkylation sites (tertiary alicyclic amines) is 1. The van der Waals surface area contributed by atoms with Crippen molar-refractivity contribution in [2.75, 3.05) is 44.3 Å². The Morgan fingerprint density at radius 1 is 1.00 bits per heavy atom. The molecule has 2 aromatic carbocycles. The normalized spacial score (nSPS) is 25.0. The van der Waals surface area contributed by atoms with Crippen LogP contribution in [0.25, 0.3) is 10.9 Å². The molecule has 5 aliphatic heterocycles. The Morgan fingerprint density at radius 3 is 2.70 bits per heavy atom. The van der Waals surface area contributed by atoms with Gasteiger partial charge in [0.15, 0.2) is 0 Å². The first-order valence-corrected chi connectivity index (χ1v) is 15.8. The Kier molecular flexibility index (Phi) is 6.79. The van der Waals surface area contributed by atoms with Crippen LogP contribution in [0.3, 0.4) is 0 Å². The molecule has 10 nitrogen and oxygen atoms in total. The quantitative estimate of drug-likeness (QED) is 0.434. The van der Waals surface area contributed by atoms with Gasteiger partial charge in [-0.15, -0.1) is 0 Å². The summed E-state index contributed by atoms with van der Waals surface area (Å²) in [6, 6.07) is 15.9. The fourth-order valence-corrected chi connectivity index (χ4v) is 7.60. The number of anilines is 1. The lowest BCUT2D eigenvalue weighted by Gasteiger charge is -2.52. The van der Waals surface area contributed by atoms with E-state index in [1.807, 2.05) is 12.1 Å². The number of carbonyl (C=O) groups excluding carboxylic acids is 3. The molecular formula is C34H37N5O5. The van der Waals surface area contributed by atoms with Gasteiger partial charge < -0.3 is 19.3 Å². The fourth-order valence-electron chi connectivity index (χ4n) is 7.60. The smallest absolute Gasteiger partial charge is 0.255 e. The second-order valence-corrected chi connectivity index (χ2v) is 13.1. The van der Waals surface area contributed by atoms with Crippen LogP contribution < -0.4 is 15.0 Å². The molecule has 8 rings (SSSR count). The van der Waals surface area contributed by atoms with E-state index in [9.17, 15) is 14.4 Å². The summed E-state index contributed by atoms with van der Waals surface area (Å²) in [6.45, 7) is 6.91. The molecule has 0 aliphatic carbocycles. The highest BCUT2D eigenvalue weighted by Crippen LogP contribution is 2.42. The van der Waals surface area contributed by atoms with E-state index in [2.05, 4.69) is 45.4 Å². The SMILES string of the molecule is O=C1CCC(N2Cc3cc(O[C@H]4CCN(Cc5ccc6nc(N7CC8(CCOCC8)C7)ccc6c5)C4)ccc3C2=O)C(=O)N1. The standard InChI is InChI=1S/C34H37N5O5/c40-31-8-6-29(32(41)36-31)39-18-24-16-25(3-4-27(24)33(39)42)44-26-9-12-37(19-26)17-22-1-5-28-23(15-22)2-7-30(35-28)38-20-34(21-38)10-13-43-14-11-34/h1-5,7,15-16,26,29H,6,8-14,17-21H2,(H,36,40,41)/t26-,29?/m0/s1. The number of ether oxygens (including phenoxy) is 2. The van der Waals surface area contributed by atoms with Gasteiger partial charge in [0.2, 0.25) is 11.8 Å². The van der Waals surface area contributed by atoms with Crippen LogP contribution in [0.4, 0.5) is 5.82 Å². The molecule has 4 fully saturated rings. The Balaban J connectivity index is 0.864. The first-order chi connectivity index (χ1) is 21.4. The van der Waals surface area contributed by atoms with Crippen LogP contribution in [0.2, 0.25) is 0 Å². The minimum atomic E-state index is -0.612. The number of hydrogen-bond acceptors (Lipinski definition) is 8. The van der Waals surface area contributed by atoms with Gasteiger partial charge in [-0.1, -0.05) is 6.07 Å². The van der Waals surface area contributed by atoms with Crippen molar-refractivity contribution < 1.29 is 23.9 Å². The van der Waals surface area contributed by atoms with Crippen molar-refractivity contribution in [1.82, 2.24) is 20.1 Å². The van der Waals surface area contributed by atoms with E-state index >= 15 is 0 Å². The molecule has 0 bridgehead atoms. The number of hydrogen-bond donors (Lipinski definition) is 1. The Morgan fingerprint density at radius 2 is 1.86 bits per heavy atom. The zero-order valence-electron chi connectivity index (χ0n) is 24.8. The number of pyridine rings is 1. The number of piperidine rings is 1. The summed E-state index contributed by atoms with van der Waals surface area (Å²) >= 11 is 0. The second-order valence-electron chi connectivity index (χ2n) is 13.1. The van der Waals surface area contributed by atoms with Gasteiger partial charge in [0.05, 0.1) is 5.52 Å². The van der Waals surface area contributed by atoms with Gasteiger partial charge in [0.1, 0.15) is 23.7 Å². The van der Waals surface area contributed by atoms with E-state index in [4.69, 9.17) is 14.5 Å². The van der Waals surface area contributed by atoms with Crippen molar-refractivity contribution >= 4 is 34.4 Å². The summed E-state index contributed by atoms with van der Waals surface area (Å²) in [4.78, 5) is 48.3. The average molecular weight is 596 g/mol. The summed E-state index contributed by atoms with van der Waals surface area (Å²) in [5, 5.41) is 3.52. The molecule has 1 spiro atoms. The molecule has 4 saturated heterocycles. The summed E-state index contributed by atoms with van der Waals surface area (Å²) in [5.41, 5.74) is 4.18. The Bertz CT molecular complexity index is 1640. The number of nitrogens with one attached hydrogen (secondary N) is 1. The van der Waals surface area contributed by atoms with Gasteiger partial charge in [-0.05, 0) is 79.3 Å². The Hall–Kier alpha value is -4.02. The minimum Gasteiger partial charge on any atom is -0.489 e. The van der Waals surface area contributed by atoms with Gasteiger partial charge in [0, 0.05) is 75.3 Å². The molecule has 1 aromatic heterocycles. The van der Waals surface area contributed by atoms with E-state index in [0.717, 1.165) is 87.8 Å².